The summed E-state index contributed by atoms with van der Waals surface area (Å²) in [6.07, 6.45) is 0.922. The quantitative estimate of drug-likeness (QED) is 0.346. The summed E-state index contributed by atoms with van der Waals surface area (Å²) in [5.74, 6) is -0.715. The molecule has 0 aliphatic rings. The lowest BCUT2D eigenvalue weighted by molar-refractivity contribution is -0.139. The molecule has 0 saturated heterocycles. The molecule has 0 aliphatic carbocycles. The van der Waals surface area contributed by atoms with Crippen LogP contribution in [0.4, 0.5) is 4.39 Å². The normalized spacial score (nSPS) is 12.2. The van der Waals surface area contributed by atoms with Gasteiger partial charge in [0.15, 0.2) is 0 Å². The molecule has 1 unspecified atom stereocenters. The summed E-state index contributed by atoms with van der Waals surface area (Å²) in [5.41, 5.74) is -1.18. The van der Waals surface area contributed by atoms with Crippen LogP contribution in [-0.4, -0.2) is 18.2 Å². The fourth-order valence-electron chi connectivity index (χ4n) is 0.206. The molecular formula is C5H6ClFO2. The van der Waals surface area contributed by atoms with Crippen LogP contribution < -0.4 is 0 Å². The summed E-state index contributed by atoms with van der Waals surface area (Å²) in [7, 11) is 0. The minimum Gasteiger partial charge on any atom is -0.440 e. The Labute approximate surface area is 57.3 Å². The molecule has 0 amide bonds. The van der Waals surface area contributed by atoms with E-state index in [4.69, 9.17) is 11.6 Å². The first-order chi connectivity index (χ1) is 4.20. The van der Waals surface area contributed by atoms with E-state index in [9.17, 15) is 9.18 Å². The van der Waals surface area contributed by atoms with Crippen molar-refractivity contribution in [2.75, 3.05) is 6.67 Å². The van der Waals surface area contributed by atoms with Crippen molar-refractivity contribution in [1.29, 1.82) is 0 Å². The minimum absolute atomic E-state index is 0.715. The molecule has 0 radical (unpaired) electrons. The van der Waals surface area contributed by atoms with Gasteiger partial charge in [-0.2, -0.15) is 0 Å². The molecule has 0 N–H and O–H groups in total. The molecule has 0 rings (SSSR count). The number of carbonyl (C=O) groups excluding carboxylic acids is 1. The highest BCUT2D eigenvalue weighted by Crippen LogP contribution is 1.98. The smallest absolute Gasteiger partial charge is 0.331 e. The molecule has 1 atom stereocenters. The van der Waals surface area contributed by atoms with Crippen molar-refractivity contribution in [2.24, 2.45) is 0 Å². The molecule has 0 aromatic carbocycles. The second-order valence-electron chi connectivity index (χ2n) is 1.21. The Morgan fingerprint density at radius 1 is 2.00 bits per heavy atom. The molecule has 9 heavy (non-hydrogen) atoms. The molecular weight excluding hydrogens is 147 g/mol. The van der Waals surface area contributed by atoms with Crippen LogP contribution in [0.15, 0.2) is 12.7 Å². The standard InChI is InChI=1S/C5H6ClFO2/c1-2-5(8)9-4(6)3-7/h2,4H,1,3H2. The average molecular weight is 153 g/mol. The zero-order valence-corrected chi connectivity index (χ0v) is 5.40. The molecule has 0 bridgehead atoms. The van der Waals surface area contributed by atoms with Crippen LogP contribution in [0.2, 0.25) is 0 Å². The van der Waals surface area contributed by atoms with Crippen LogP contribution in [0.25, 0.3) is 0 Å². The first-order valence-electron chi connectivity index (χ1n) is 2.23. The van der Waals surface area contributed by atoms with Gasteiger partial charge in [0.2, 0.25) is 5.56 Å². The molecule has 2 nitrogen and oxygen atoms in total. The number of rotatable bonds is 3. The summed E-state index contributed by atoms with van der Waals surface area (Å²) >= 11 is 5.07. The Kier molecular flexibility index (Phi) is 4.05. The summed E-state index contributed by atoms with van der Waals surface area (Å²) in [6.45, 7) is 2.20. The first-order valence-corrected chi connectivity index (χ1v) is 2.67. The molecule has 0 aromatic rings. The fraction of sp³-hybridized carbons (Fsp3) is 0.400. The maximum Gasteiger partial charge on any atom is 0.331 e. The van der Waals surface area contributed by atoms with Crippen molar-refractivity contribution in [3.8, 4) is 0 Å². The van der Waals surface area contributed by atoms with Gasteiger partial charge < -0.3 is 4.74 Å². The van der Waals surface area contributed by atoms with Crippen LogP contribution in [0, 0.1) is 0 Å². The van der Waals surface area contributed by atoms with E-state index in [0.29, 0.717) is 0 Å². The van der Waals surface area contributed by atoms with Crippen molar-refractivity contribution < 1.29 is 13.9 Å². The highest BCUT2D eigenvalue weighted by atomic mass is 35.5. The van der Waals surface area contributed by atoms with Gasteiger partial charge in [0, 0.05) is 6.08 Å². The van der Waals surface area contributed by atoms with Gasteiger partial charge in [-0.05, 0) is 0 Å². The van der Waals surface area contributed by atoms with Crippen LogP contribution >= 0.6 is 11.6 Å². The average Bonchev–Trinajstić information content (AvgIpc) is 1.87. The van der Waals surface area contributed by atoms with Gasteiger partial charge >= 0.3 is 5.97 Å². The second-order valence-corrected chi connectivity index (χ2v) is 1.69. The van der Waals surface area contributed by atoms with E-state index in [1.165, 1.54) is 0 Å². The number of alkyl halides is 2. The van der Waals surface area contributed by atoms with Crippen LogP contribution in [0.3, 0.4) is 0 Å². The Bertz CT molecular complexity index is 116. The highest BCUT2D eigenvalue weighted by molar-refractivity contribution is 6.20. The largest absolute Gasteiger partial charge is 0.440 e. The van der Waals surface area contributed by atoms with E-state index < -0.39 is 18.2 Å². The highest BCUT2D eigenvalue weighted by Gasteiger charge is 2.05. The predicted octanol–water partition coefficient (Wildman–Crippen LogP) is 1.25. The lowest BCUT2D eigenvalue weighted by atomic mass is 10.6. The topological polar surface area (TPSA) is 26.3 Å². The Hall–Kier alpha value is -0.570. The predicted molar refractivity (Wildman–Crippen MR) is 31.9 cm³/mol. The van der Waals surface area contributed by atoms with Gasteiger partial charge in [0.25, 0.3) is 0 Å². The van der Waals surface area contributed by atoms with Gasteiger partial charge in [0.1, 0.15) is 6.67 Å². The fourth-order valence-corrected chi connectivity index (χ4v) is 0.293. The number of ether oxygens (including phenoxy) is 1. The summed E-state index contributed by atoms with van der Waals surface area (Å²) < 4.78 is 15.6. The van der Waals surface area contributed by atoms with E-state index >= 15 is 0 Å². The molecule has 0 heterocycles. The number of halogens is 2. The summed E-state index contributed by atoms with van der Waals surface area (Å²) in [5, 5.41) is 0. The second kappa shape index (κ2) is 4.32. The number of carbonyl (C=O) groups is 1. The van der Waals surface area contributed by atoms with E-state index in [2.05, 4.69) is 11.3 Å². The van der Waals surface area contributed by atoms with Crippen LogP contribution in [-0.2, 0) is 9.53 Å². The van der Waals surface area contributed by atoms with Crippen molar-refractivity contribution in [3.63, 3.8) is 0 Å². The molecule has 0 aliphatic heterocycles. The molecule has 4 heteroatoms. The van der Waals surface area contributed by atoms with Gasteiger partial charge in [-0.15, -0.1) is 0 Å². The van der Waals surface area contributed by atoms with E-state index in [0.717, 1.165) is 6.08 Å². The van der Waals surface area contributed by atoms with Gasteiger partial charge in [0.05, 0.1) is 0 Å². The Balaban J connectivity index is 3.46. The van der Waals surface area contributed by atoms with Crippen LogP contribution in [0.1, 0.15) is 0 Å². The molecule has 0 spiro atoms. The van der Waals surface area contributed by atoms with Crippen molar-refractivity contribution in [1.82, 2.24) is 0 Å². The van der Waals surface area contributed by atoms with E-state index in [1.807, 2.05) is 0 Å². The van der Waals surface area contributed by atoms with Gasteiger partial charge in [-0.25, -0.2) is 9.18 Å². The zero-order chi connectivity index (χ0) is 7.28. The Morgan fingerprint density at radius 3 is 2.89 bits per heavy atom. The first kappa shape index (κ1) is 8.43. The number of hydrogen-bond donors (Lipinski definition) is 0. The van der Waals surface area contributed by atoms with Gasteiger partial charge in [-0.3, -0.25) is 0 Å². The van der Waals surface area contributed by atoms with E-state index in [-0.39, 0.29) is 0 Å². The molecule has 0 aromatic heterocycles. The maximum atomic E-state index is 11.4. The number of hydrogen-bond acceptors (Lipinski definition) is 2. The van der Waals surface area contributed by atoms with Gasteiger partial charge in [-0.1, -0.05) is 18.2 Å². The summed E-state index contributed by atoms with van der Waals surface area (Å²) in [4.78, 5) is 10.2. The third-order valence-electron chi connectivity index (χ3n) is 0.532. The SMILES string of the molecule is C=CC(=O)OC(Cl)CF. The lowest BCUT2D eigenvalue weighted by Crippen LogP contribution is -2.11. The lowest BCUT2D eigenvalue weighted by Gasteiger charge is -2.02. The Morgan fingerprint density at radius 2 is 2.56 bits per heavy atom. The third-order valence-corrected chi connectivity index (χ3v) is 0.738. The minimum atomic E-state index is -1.18. The zero-order valence-electron chi connectivity index (χ0n) is 4.64. The van der Waals surface area contributed by atoms with Crippen molar-refractivity contribution in [3.05, 3.63) is 12.7 Å². The van der Waals surface area contributed by atoms with Crippen molar-refractivity contribution in [2.45, 2.75) is 5.56 Å². The number of esters is 1. The third kappa shape index (κ3) is 3.97. The van der Waals surface area contributed by atoms with Crippen molar-refractivity contribution >= 4 is 17.6 Å². The maximum absolute atomic E-state index is 11.4. The molecule has 0 saturated carbocycles. The van der Waals surface area contributed by atoms with Crippen LogP contribution in [0.5, 0.6) is 0 Å². The molecule has 52 valence electrons. The van der Waals surface area contributed by atoms with E-state index in [1.54, 1.807) is 0 Å². The molecule has 0 fully saturated rings. The monoisotopic (exact) mass is 152 g/mol. The summed E-state index contributed by atoms with van der Waals surface area (Å²) in [6, 6.07) is 0.